The first-order chi connectivity index (χ1) is 47.4. The highest BCUT2D eigenvalue weighted by molar-refractivity contribution is 6.14. The average Bonchev–Trinajstić information content (AvgIpc) is 1.80. The summed E-state index contributed by atoms with van der Waals surface area (Å²) < 4.78 is 9.16. The number of benzene rings is 14. The standard InChI is InChI=1S/C88H50N8/c89-51-55-17-29-69(30-18-55)93-81-13-5-1-9-73(81)77-47-59(25-37-85(77)93)63-41-64(60-26-38-86-78(48-60)74-10-2-6-14-82(74)94(86)70-31-19-56(52-90)20-32-70)44-67(43-63)68-45-65(61-27-39-87-79(49-61)75-11-3-7-15-83(75)95(87)71-33-21-57(53-91)22-34-71)42-66(46-68)62-28-40-88-80(50-62)76-12-4-8-16-84(76)96(88)72-35-23-58(54-92)24-36-72/h1-50H. The molecule has 0 spiro atoms. The van der Waals surface area contributed by atoms with Crippen LogP contribution in [0.4, 0.5) is 0 Å². The molecular formula is C88H50N8. The first-order valence-corrected chi connectivity index (χ1v) is 31.8. The summed E-state index contributed by atoms with van der Waals surface area (Å²) in [6.45, 7) is 0. The lowest BCUT2D eigenvalue weighted by atomic mass is 9.89. The van der Waals surface area contributed by atoms with Crippen molar-refractivity contribution in [2.75, 3.05) is 0 Å². The van der Waals surface area contributed by atoms with E-state index in [4.69, 9.17) is 0 Å². The summed E-state index contributed by atoms with van der Waals surface area (Å²) in [5.74, 6) is 0. The van der Waals surface area contributed by atoms with Crippen LogP contribution in [0.3, 0.4) is 0 Å². The predicted molar refractivity (Wildman–Crippen MR) is 390 cm³/mol. The van der Waals surface area contributed by atoms with Crippen molar-refractivity contribution < 1.29 is 0 Å². The van der Waals surface area contributed by atoms with E-state index in [1.807, 2.05) is 97.1 Å². The van der Waals surface area contributed by atoms with Gasteiger partial charge in [-0.25, -0.2) is 0 Å². The molecule has 0 aliphatic heterocycles. The molecule has 0 aliphatic rings. The van der Waals surface area contributed by atoms with Gasteiger partial charge in [0.2, 0.25) is 0 Å². The number of nitriles is 4. The molecule has 0 saturated carbocycles. The molecule has 0 unspecified atom stereocenters. The van der Waals surface area contributed by atoms with E-state index in [0.717, 1.165) is 166 Å². The summed E-state index contributed by atoms with van der Waals surface area (Å²) in [6, 6.07) is 116. The van der Waals surface area contributed by atoms with Crippen LogP contribution in [0.2, 0.25) is 0 Å². The van der Waals surface area contributed by atoms with Crippen molar-refractivity contribution >= 4 is 87.2 Å². The Labute approximate surface area is 551 Å². The SMILES string of the molecule is N#Cc1ccc(-n2c3ccccc3c3cc(-c4cc(-c5cc(-c6ccc7c(c6)c6ccccc6n7-c6ccc(C#N)cc6)cc(-c6ccc7c(c6)c6ccccc6n7-c6ccc(C#N)cc6)c5)cc(-c5ccc6c(c5)c5ccccc5n6-c5ccc(C#N)cc5)c4)ccc32)cc1. The minimum Gasteiger partial charge on any atom is -0.309 e. The zero-order valence-corrected chi connectivity index (χ0v) is 51.4. The monoisotopic (exact) mass is 1220 g/mol. The Bertz CT molecular complexity index is 5680. The number of fused-ring (bicyclic) bond motifs is 12. The number of aromatic nitrogens is 4. The Morgan fingerprint density at radius 1 is 0.167 bits per heavy atom. The van der Waals surface area contributed by atoms with Gasteiger partial charge in [-0.1, -0.05) is 97.1 Å². The van der Waals surface area contributed by atoms with Crippen LogP contribution >= 0.6 is 0 Å². The number of hydrogen-bond acceptors (Lipinski definition) is 4. The molecule has 0 radical (unpaired) electrons. The molecule has 442 valence electrons. The first-order valence-electron chi connectivity index (χ1n) is 31.8. The van der Waals surface area contributed by atoms with Gasteiger partial charge < -0.3 is 18.3 Å². The topological polar surface area (TPSA) is 115 Å². The Balaban J connectivity index is 0.875. The van der Waals surface area contributed by atoms with Gasteiger partial charge in [0, 0.05) is 65.8 Å². The molecule has 0 aliphatic carbocycles. The second kappa shape index (κ2) is 22.0. The Hall–Kier alpha value is -13.8. The van der Waals surface area contributed by atoms with Crippen LogP contribution in [0, 0.1) is 45.3 Å². The van der Waals surface area contributed by atoms with Crippen molar-refractivity contribution in [3.05, 3.63) is 326 Å². The van der Waals surface area contributed by atoms with E-state index in [1.54, 1.807) is 0 Å². The normalized spacial score (nSPS) is 11.5. The van der Waals surface area contributed by atoms with Gasteiger partial charge in [0.15, 0.2) is 0 Å². The van der Waals surface area contributed by atoms with Crippen LogP contribution in [0.5, 0.6) is 0 Å². The molecule has 0 amide bonds. The van der Waals surface area contributed by atoms with Crippen LogP contribution in [0.1, 0.15) is 22.3 Å². The van der Waals surface area contributed by atoms with Gasteiger partial charge in [-0.2, -0.15) is 21.0 Å². The second-order valence-corrected chi connectivity index (χ2v) is 24.6. The van der Waals surface area contributed by atoms with Gasteiger partial charge in [0.25, 0.3) is 0 Å². The van der Waals surface area contributed by atoms with Crippen LogP contribution in [0.15, 0.2) is 303 Å². The fraction of sp³-hybridized carbons (Fsp3) is 0. The van der Waals surface area contributed by atoms with Gasteiger partial charge in [-0.05, 0) is 262 Å². The van der Waals surface area contributed by atoms with Gasteiger partial charge in [0.05, 0.1) is 90.7 Å². The predicted octanol–water partition coefficient (Wildman–Crippen LogP) is 21.9. The van der Waals surface area contributed by atoms with Crippen molar-refractivity contribution in [3.8, 4) is 103 Å². The molecule has 96 heavy (non-hydrogen) atoms. The van der Waals surface area contributed by atoms with Gasteiger partial charge in [-0.15, -0.1) is 0 Å². The number of nitrogens with zero attached hydrogens (tertiary/aromatic N) is 8. The number of hydrogen-bond donors (Lipinski definition) is 0. The lowest BCUT2D eigenvalue weighted by molar-refractivity contribution is 1.18. The molecule has 14 aromatic carbocycles. The molecule has 18 rings (SSSR count). The molecule has 8 heteroatoms. The molecule has 0 atom stereocenters. The molecule has 0 bridgehead atoms. The van der Waals surface area contributed by atoms with E-state index in [-0.39, 0.29) is 0 Å². The van der Waals surface area contributed by atoms with Crippen molar-refractivity contribution in [3.63, 3.8) is 0 Å². The first kappa shape index (κ1) is 55.1. The Kier molecular flexibility index (Phi) is 12.6. The van der Waals surface area contributed by atoms with Crippen LogP contribution in [-0.2, 0) is 0 Å². The highest BCUT2D eigenvalue weighted by Gasteiger charge is 2.21. The van der Waals surface area contributed by atoms with Crippen molar-refractivity contribution in [1.82, 2.24) is 18.3 Å². The van der Waals surface area contributed by atoms with Crippen LogP contribution in [0.25, 0.3) is 166 Å². The Morgan fingerprint density at radius 2 is 0.354 bits per heavy atom. The lowest BCUT2D eigenvalue weighted by Crippen LogP contribution is -1.94. The molecule has 0 N–H and O–H groups in total. The molecule has 0 fully saturated rings. The Morgan fingerprint density at radius 3 is 0.562 bits per heavy atom. The molecule has 4 heterocycles. The van der Waals surface area contributed by atoms with E-state index in [2.05, 4.69) is 249 Å². The number of rotatable bonds is 9. The third-order valence-corrected chi connectivity index (χ3v) is 19.2. The molecular weight excluding hydrogens is 1170 g/mol. The third kappa shape index (κ3) is 8.88. The highest BCUT2D eigenvalue weighted by atomic mass is 15.0. The van der Waals surface area contributed by atoms with Crippen LogP contribution < -0.4 is 0 Å². The largest absolute Gasteiger partial charge is 0.309 e. The van der Waals surface area contributed by atoms with Crippen LogP contribution in [-0.4, -0.2) is 18.3 Å². The zero-order chi connectivity index (χ0) is 64.1. The third-order valence-electron chi connectivity index (χ3n) is 19.2. The van der Waals surface area contributed by atoms with E-state index in [0.29, 0.717) is 22.3 Å². The molecule has 0 saturated heterocycles. The van der Waals surface area contributed by atoms with Crippen molar-refractivity contribution in [1.29, 1.82) is 21.0 Å². The summed E-state index contributed by atoms with van der Waals surface area (Å²) in [5, 5.41) is 48.0. The van der Waals surface area contributed by atoms with Gasteiger partial charge >= 0.3 is 0 Å². The summed E-state index contributed by atoms with van der Waals surface area (Å²) in [7, 11) is 0. The smallest absolute Gasteiger partial charge is 0.0991 e. The van der Waals surface area contributed by atoms with Gasteiger partial charge in [-0.3, -0.25) is 0 Å². The second-order valence-electron chi connectivity index (χ2n) is 24.6. The lowest BCUT2D eigenvalue weighted by Gasteiger charge is -2.16. The fourth-order valence-electron chi connectivity index (χ4n) is 14.7. The van der Waals surface area contributed by atoms with Gasteiger partial charge in [0.1, 0.15) is 0 Å². The summed E-state index contributed by atoms with van der Waals surface area (Å²) >= 11 is 0. The summed E-state index contributed by atoms with van der Waals surface area (Å²) in [4.78, 5) is 0. The van der Waals surface area contributed by atoms with Crippen molar-refractivity contribution in [2.24, 2.45) is 0 Å². The van der Waals surface area contributed by atoms with Crippen molar-refractivity contribution in [2.45, 2.75) is 0 Å². The van der Waals surface area contributed by atoms with E-state index in [1.165, 1.54) is 0 Å². The highest BCUT2D eigenvalue weighted by Crippen LogP contribution is 2.44. The number of para-hydroxylation sites is 4. The van der Waals surface area contributed by atoms with E-state index in [9.17, 15) is 21.0 Å². The average molecular weight is 1220 g/mol. The summed E-state index contributed by atoms with van der Waals surface area (Å²) in [6.07, 6.45) is 0. The maximum Gasteiger partial charge on any atom is 0.0991 e. The minimum atomic E-state index is 0.613. The quantitative estimate of drug-likeness (QED) is 0.143. The van der Waals surface area contributed by atoms with E-state index < -0.39 is 0 Å². The molecule has 18 aromatic rings. The van der Waals surface area contributed by atoms with E-state index >= 15 is 0 Å². The molecule has 4 aromatic heterocycles. The maximum atomic E-state index is 9.75. The zero-order valence-electron chi connectivity index (χ0n) is 51.4. The molecule has 8 nitrogen and oxygen atoms in total. The fourth-order valence-corrected chi connectivity index (χ4v) is 14.7. The summed E-state index contributed by atoms with van der Waals surface area (Å²) in [5.41, 5.74) is 25.5. The minimum absolute atomic E-state index is 0.613. The maximum absolute atomic E-state index is 9.75.